The van der Waals surface area contributed by atoms with Crippen molar-refractivity contribution in [3.05, 3.63) is 66.4 Å². The number of fused-ring (bicyclic) bond motifs is 1. The van der Waals surface area contributed by atoms with Gasteiger partial charge >= 0.3 is 0 Å². The quantitative estimate of drug-likeness (QED) is 0.313. The van der Waals surface area contributed by atoms with Gasteiger partial charge in [-0.2, -0.15) is 0 Å². The van der Waals surface area contributed by atoms with Crippen LogP contribution in [0.5, 0.6) is 0 Å². The second-order valence-electron chi connectivity index (χ2n) is 9.61. The van der Waals surface area contributed by atoms with E-state index in [9.17, 15) is 9.59 Å². The van der Waals surface area contributed by atoms with Gasteiger partial charge in [0.05, 0.1) is 34.2 Å². The Morgan fingerprint density at radius 3 is 2.61 bits per heavy atom. The fourth-order valence-corrected chi connectivity index (χ4v) is 4.59. The second kappa shape index (κ2) is 10.0. The molecule has 2 amide bonds. The van der Waals surface area contributed by atoms with Gasteiger partial charge < -0.3 is 20.9 Å². The Morgan fingerprint density at radius 1 is 1.18 bits per heavy atom. The molecule has 1 saturated carbocycles. The number of halogens is 1. The van der Waals surface area contributed by atoms with E-state index in [0.717, 1.165) is 12.8 Å². The predicted molar refractivity (Wildman–Crippen MR) is 145 cm³/mol. The van der Waals surface area contributed by atoms with E-state index in [1.54, 1.807) is 25.1 Å². The van der Waals surface area contributed by atoms with Crippen LogP contribution in [0.4, 0.5) is 15.9 Å². The topological polar surface area (TPSA) is 128 Å². The van der Waals surface area contributed by atoms with E-state index < -0.39 is 11.7 Å². The summed E-state index contributed by atoms with van der Waals surface area (Å²) in [7, 11) is 1.81. The van der Waals surface area contributed by atoms with Gasteiger partial charge in [0, 0.05) is 24.7 Å². The lowest BCUT2D eigenvalue weighted by molar-refractivity contribution is -0.112. The number of aromatic nitrogens is 4. The van der Waals surface area contributed by atoms with Crippen LogP contribution in [0.15, 0.2) is 55.0 Å². The van der Waals surface area contributed by atoms with Crippen molar-refractivity contribution in [1.82, 2.24) is 24.8 Å². The number of nitrogens with zero attached hydrogens (tertiary/aromatic N) is 4. The van der Waals surface area contributed by atoms with Gasteiger partial charge in [0.2, 0.25) is 0 Å². The first-order valence-corrected chi connectivity index (χ1v) is 12.3. The van der Waals surface area contributed by atoms with Gasteiger partial charge in [-0.15, -0.1) is 0 Å². The summed E-state index contributed by atoms with van der Waals surface area (Å²) in [5.74, 6) is -0.676. The number of amides is 2. The highest BCUT2D eigenvalue weighted by Crippen LogP contribution is 2.41. The van der Waals surface area contributed by atoms with E-state index in [2.05, 4.69) is 32.2 Å². The van der Waals surface area contributed by atoms with Crippen molar-refractivity contribution in [1.29, 1.82) is 0 Å². The molecule has 194 valence electrons. The lowest BCUT2D eigenvalue weighted by Gasteiger charge is -2.25. The highest BCUT2D eigenvalue weighted by atomic mass is 19.1. The molecule has 5 rings (SSSR count). The number of benzene rings is 1. The first-order chi connectivity index (χ1) is 18.2. The van der Waals surface area contributed by atoms with E-state index in [0.29, 0.717) is 57.3 Å². The van der Waals surface area contributed by atoms with Gasteiger partial charge in [0.15, 0.2) is 0 Å². The van der Waals surface area contributed by atoms with Crippen molar-refractivity contribution < 1.29 is 14.0 Å². The number of aryl methyl sites for hydroxylation is 1. The molecule has 1 fully saturated rings. The predicted octanol–water partition coefficient (Wildman–Crippen LogP) is 4.46. The molecular formula is C28H28FN7O2. The normalized spacial score (nSPS) is 13.2. The van der Waals surface area contributed by atoms with Gasteiger partial charge in [-0.3, -0.25) is 14.6 Å². The van der Waals surface area contributed by atoms with Crippen LogP contribution in [-0.4, -0.2) is 37.9 Å². The number of anilines is 2. The molecule has 0 atom stereocenters. The Morgan fingerprint density at radius 2 is 1.97 bits per heavy atom. The molecule has 0 saturated heterocycles. The van der Waals surface area contributed by atoms with Crippen LogP contribution >= 0.6 is 0 Å². The molecule has 1 aliphatic rings. The Balaban J connectivity index is 1.56. The van der Waals surface area contributed by atoms with Gasteiger partial charge in [0.25, 0.3) is 11.8 Å². The lowest BCUT2D eigenvalue weighted by atomic mass is 9.85. The average Bonchev–Trinajstić information content (AvgIpc) is 3.17. The minimum atomic E-state index is -0.641. The molecule has 0 aliphatic heterocycles. The van der Waals surface area contributed by atoms with Crippen molar-refractivity contribution in [2.45, 2.75) is 26.2 Å². The SMILES string of the molecule is C=C(C)C(=O)Nc1ccc(-c2c(-c3ccc(C(=O)NCC4CCC4)c(F)c3)c3c(N)ncnc3n2C)nc1. The molecule has 0 spiro atoms. The molecule has 10 heteroatoms. The maximum absolute atomic E-state index is 15.3. The van der Waals surface area contributed by atoms with Crippen molar-refractivity contribution in [3.8, 4) is 22.5 Å². The first kappa shape index (κ1) is 25.1. The highest BCUT2D eigenvalue weighted by Gasteiger charge is 2.24. The average molecular weight is 514 g/mol. The van der Waals surface area contributed by atoms with Crippen LogP contribution in [0.1, 0.15) is 36.5 Å². The molecule has 38 heavy (non-hydrogen) atoms. The van der Waals surface area contributed by atoms with E-state index in [1.165, 1.54) is 31.1 Å². The Bertz CT molecular complexity index is 1570. The third-order valence-corrected chi connectivity index (χ3v) is 6.93. The number of hydrogen-bond donors (Lipinski definition) is 3. The molecule has 0 radical (unpaired) electrons. The van der Waals surface area contributed by atoms with E-state index in [1.807, 2.05) is 11.6 Å². The van der Waals surface area contributed by atoms with Crippen molar-refractivity contribution >= 4 is 34.4 Å². The van der Waals surface area contributed by atoms with Crippen molar-refractivity contribution in [2.24, 2.45) is 13.0 Å². The van der Waals surface area contributed by atoms with Crippen molar-refractivity contribution in [3.63, 3.8) is 0 Å². The highest BCUT2D eigenvalue weighted by molar-refractivity contribution is 6.08. The number of nitrogen functional groups attached to an aromatic ring is 1. The molecule has 4 N–H and O–H groups in total. The summed E-state index contributed by atoms with van der Waals surface area (Å²) in [6, 6.07) is 7.95. The molecule has 4 aromatic rings. The van der Waals surface area contributed by atoms with Crippen LogP contribution in [0.3, 0.4) is 0 Å². The minimum Gasteiger partial charge on any atom is -0.383 e. The van der Waals surface area contributed by atoms with Gasteiger partial charge in [0.1, 0.15) is 23.6 Å². The zero-order valence-electron chi connectivity index (χ0n) is 21.2. The summed E-state index contributed by atoms with van der Waals surface area (Å²) in [5.41, 5.74) is 9.95. The summed E-state index contributed by atoms with van der Waals surface area (Å²) in [6.07, 6.45) is 6.24. The summed E-state index contributed by atoms with van der Waals surface area (Å²) < 4.78 is 17.1. The number of carbonyl (C=O) groups is 2. The maximum Gasteiger partial charge on any atom is 0.254 e. The number of hydrogen-bond acceptors (Lipinski definition) is 6. The third kappa shape index (κ3) is 4.60. The number of nitrogens with two attached hydrogens (primary N) is 1. The van der Waals surface area contributed by atoms with Crippen LogP contribution in [0.25, 0.3) is 33.5 Å². The summed E-state index contributed by atoms with van der Waals surface area (Å²) in [5, 5.41) is 6.12. The Kier molecular flexibility index (Phi) is 6.62. The van der Waals surface area contributed by atoms with Crippen LogP contribution in [0, 0.1) is 11.7 Å². The van der Waals surface area contributed by atoms with Gasteiger partial charge in [-0.25, -0.2) is 14.4 Å². The van der Waals surface area contributed by atoms with Gasteiger partial charge in [-0.1, -0.05) is 19.1 Å². The molecule has 1 aromatic carbocycles. The molecule has 9 nitrogen and oxygen atoms in total. The van der Waals surface area contributed by atoms with E-state index in [4.69, 9.17) is 5.73 Å². The summed E-state index contributed by atoms with van der Waals surface area (Å²) >= 11 is 0. The fraction of sp³-hybridized carbons (Fsp3) is 0.250. The number of rotatable bonds is 7. The first-order valence-electron chi connectivity index (χ1n) is 12.3. The van der Waals surface area contributed by atoms with Gasteiger partial charge in [-0.05, 0) is 55.5 Å². The molecule has 3 heterocycles. The van der Waals surface area contributed by atoms with Crippen LogP contribution in [-0.2, 0) is 11.8 Å². The Hall–Kier alpha value is -4.60. The van der Waals surface area contributed by atoms with E-state index >= 15 is 4.39 Å². The largest absolute Gasteiger partial charge is 0.383 e. The zero-order chi connectivity index (χ0) is 27.0. The fourth-order valence-electron chi connectivity index (χ4n) is 4.59. The maximum atomic E-state index is 15.3. The Labute approximate surface area is 219 Å². The van der Waals surface area contributed by atoms with E-state index in [-0.39, 0.29) is 17.3 Å². The van der Waals surface area contributed by atoms with Crippen LogP contribution in [0.2, 0.25) is 0 Å². The second-order valence-corrected chi connectivity index (χ2v) is 9.61. The molecular weight excluding hydrogens is 485 g/mol. The molecule has 3 aromatic heterocycles. The van der Waals surface area contributed by atoms with Crippen LogP contribution < -0.4 is 16.4 Å². The molecule has 1 aliphatic carbocycles. The minimum absolute atomic E-state index is 0.0187. The number of nitrogens with one attached hydrogen (secondary N) is 2. The third-order valence-electron chi connectivity index (χ3n) is 6.93. The summed E-state index contributed by atoms with van der Waals surface area (Å²) in [4.78, 5) is 37.7. The smallest absolute Gasteiger partial charge is 0.254 e. The standard InChI is InChI=1S/C28H28FN7O2/c1-15(2)27(37)35-18-8-10-21(31-13-18)24-22(23-25(30)33-14-34-26(23)36(24)3)17-7-9-19(20(29)11-17)28(38)32-12-16-5-4-6-16/h7-11,13-14,16H,1,4-6,12H2,2-3H3,(H,32,38)(H,35,37)(H2,30,33,34). The number of pyridine rings is 1. The molecule has 0 bridgehead atoms. The van der Waals surface area contributed by atoms with Crippen molar-refractivity contribution in [2.75, 3.05) is 17.6 Å². The summed E-state index contributed by atoms with van der Waals surface area (Å²) in [6.45, 7) is 5.81. The molecule has 0 unspecified atom stereocenters. The lowest BCUT2D eigenvalue weighted by Crippen LogP contribution is -2.32. The number of carbonyl (C=O) groups excluding carboxylic acids is 2. The zero-order valence-corrected chi connectivity index (χ0v) is 21.2. The monoisotopic (exact) mass is 513 g/mol.